The fraction of sp³-hybridized carbons (Fsp3) is 0.583. The van der Waals surface area contributed by atoms with Gasteiger partial charge in [0.15, 0.2) is 5.82 Å². The van der Waals surface area contributed by atoms with Crippen molar-refractivity contribution >= 4 is 11.5 Å². The number of ether oxygens (including phenoxy) is 1. The molecule has 0 bridgehead atoms. The summed E-state index contributed by atoms with van der Waals surface area (Å²) in [6, 6.07) is 0. The number of hydrogen-bond acceptors (Lipinski definition) is 6. The Balaban J connectivity index is 1.99. The molecule has 2 aromatic rings. The SMILES string of the molecule is Cc1nnc2c(N3CC(C)OC(CO)C3)nccn12. The van der Waals surface area contributed by atoms with Gasteiger partial charge in [-0.1, -0.05) is 0 Å². The Hall–Kier alpha value is -1.73. The molecule has 1 aliphatic heterocycles. The maximum atomic E-state index is 9.29. The fourth-order valence-corrected chi connectivity index (χ4v) is 2.47. The van der Waals surface area contributed by atoms with Gasteiger partial charge in [0, 0.05) is 25.5 Å². The summed E-state index contributed by atoms with van der Waals surface area (Å²) in [7, 11) is 0. The molecule has 7 nitrogen and oxygen atoms in total. The van der Waals surface area contributed by atoms with Gasteiger partial charge in [0.1, 0.15) is 5.82 Å². The Morgan fingerprint density at radius 1 is 1.42 bits per heavy atom. The second kappa shape index (κ2) is 4.75. The van der Waals surface area contributed by atoms with Crippen molar-refractivity contribution in [3.8, 4) is 0 Å². The van der Waals surface area contributed by atoms with Crippen LogP contribution in [0.25, 0.3) is 5.65 Å². The van der Waals surface area contributed by atoms with Gasteiger partial charge in [-0.25, -0.2) is 4.98 Å². The number of rotatable bonds is 2. The number of nitrogens with zero attached hydrogens (tertiary/aromatic N) is 5. The van der Waals surface area contributed by atoms with Crippen molar-refractivity contribution in [3.05, 3.63) is 18.2 Å². The van der Waals surface area contributed by atoms with Gasteiger partial charge in [-0.15, -0.1) is 10.2 Å². The van der Waals surface area contributed by atoms with Crippen molar-refractivity contribution in [2.75, 3.05) is 24.6 Å². The van der Waals surface area contributed by atoms with Crippen molar-refractivity contribution < 1.29 is 9.84 Å². The molecule has 0 aromatic carbocycles. The van der Waals surface area contributed by atoms with E-state index in [0.29, 0.717) is 6.54 Å². The minimum absolute atomic E-state index is 0.00960. The number of fused-ring (bicyclic) bond motifs is 1. The number of aliphatic hydroxyl groups is 1. The van der Waals surface area contributed by atoms with Crippen LogP contribution in [0.1, 0.15) is 12.7 Å². The molecule has 1 N–H and O–H groups in total. The minimum atomic E-state index is -0.185. The van der Waals surface area contributed by atoms with Crippen LogP contribution in [0.3, 0.4) is 0 Å². The number of anilines is 1. The average molecular weight is 263 g/mol. The van der Waals surface area contributed by atoms with Crippen LogP contribution in [-0.4, -0.2) is 56.6 Å². The zero-order valence-electron chi connectivity index (χ0n) is 11.0. The van der Waals surface area contributed by atoms with Crippen LogP contribution in [0, 0.1) is 6.92 Å². The predicted octanol–water partition coefficient (Wildman–Crippen LogP) is 0.0187. The maximum absolute atomic E-state index is 9.29. The van der Waals surface area contributed by atoms with Crippen molar-refractivity contribution in [2.45, 2.75) is 26.1 Å². The molecule has 1 aliphatic rings. The smallest absolute Gasteiger partial charge is 0.203 e. The molecule has 0 aliphatic carbocycles. The highest BCUT2D eigenvalue weighted by atomic mass is 16.5. The highest BCUT2D eigenvalue weighted by Gasteiger charge is 2.27. The van der Waals surface area contributed by atoms with Crippen LogP contribution < -0.4 is 4.90 Å². The van der Waals surface area contributed by atoms with Crippen LogP contribution in [0.2, 0.25) is 0 Å². The molecule has 2 aromatic heterocycles. The quantitative estimate of drug-likeness (QED) is 0.823. The highest BCUT2D eigenvalue weighted by Crippen LogP contribution is 2.22. The number of aromatic nitrogens is 4. The van der Waals surface area contributed by atoms with Gasteiger partial charge in [0.2, 0.25) is 5.65 Å². The van der Waals surface area contributed by atoms with E-state index < -0.39 is 0 Å². The third kappa shape index (κ3) is 2.15. The molecule has 19 heavy (non-hydrogen) atoms. The standard InChI is InChI=1S/C12H17N5O2/c1-8-5-16(6-10(7-18)19-8)11-12-15-14-9(2)17(12)4-3-13-11/h3-4,8,10,18H,5-7H2,1-2H3. The Morgan fingerprint density at radius 2 is 2.26 bits per heavy atom. The first kappa shape index (κ1) is 12.3. The summed E-state index contributed by atoms with van der Waals surface area (Å²) >= 11 is 0. The number of morpholine rings is 1. The summed E-state index contributed by atoms with van der Waals surface area (Å²) in [4.78, 5) is 6.51. The van der Waals surface area contributed by atoms with Gasteiger partial charge < -0.3 is 14.7 Å². The summed E-state index contributed by atoms with van der Waals surface area (Å²) in [5.74, 6) is 1.62. The summed E-state index contributed by atoms with van der Waals surface area (Å²) in [6.07, 6.45) is 3.46. The number of aliphatic hydroxyl groups excluding tert-OH is 1. The topological polar surface area (TPSA) is 75.8 Å². The van der Waals surface area contributed by atoms with E-state index in [4.69, 9.17) is 4.74 Å². The molecule has 1 fully saturated rings. The molecule has 0 saturated carbocycles. The zero-order valence-corrected chi connectivity index (χ0v) is 11.0. The molecule has 102 valence electrons. The molecule has 0 radical (unpaired) electrons. The van der Waals surface area contributed by atoms with Crippen LogP contribution >= 0.6 is 0 Å². The van der Waals surface area contributed by atoms with Crippen LogP contribution in [0.4, 0.5) is 5.82 Å². The predicted molar refractivity (Wildman–Crippen MR) is 69.2 cm³/mol. The molecule has 1 saturated heterocycles. The lowest BCUT2D eigenvalue weighted by molar-refractivity contribution is -0.0422. The molecule has 0 amide bonds. The molecule has 2 unspecified atom stereocenters. The monoisotopic (exact) mass is 263 g/mol. The molecule has 3 heterocycles. The molecule has 3 rings (SSSR count). The Labute approximate surface area is 110 Å². The van der Waals surface area contributed by atoms with E-state index in [9.17, 15) is 5.11 Å². The van der Waals surface area contributed by atoms with E-state index in [1.54, 1.807) is 6.20 Å². The van der Waals surface area contributed by atoms with Crippen molar-refractivity contribution in [1.82, 2.24) is 19.6 Å². The second-order valence-electron chi connectivity index (χ2n) is 4.85. The third-order valence-electron chi connectivity index (χ3n) is 3.31. The molecule has 7 heteroatoms. The second-order valence-corrected chi connectivity index (χ2v) is 4.85. The summed E-state index contributed by atoms with van der Waals surface area (Å²) in [5.41, 5.74) is 0.741. The molecular formula is C12H17N5O2. The van der Waals surface area contributed by atoms with E-state index in [1.807, 2.05) is 24.4 Å². The lowest BCUT2D eigenvalue weighted by Gasteiger charge is -2.36. The third-order valence-corrected chi connectivity index (χ3v) is 3.31. The van der Waals surface area contributed by atoms with Crippen LogP contribution in [-0.2, 0) is 4.74 Å². The molecule has 0 spiro atoms. The Bertz CT molecular complexity index is 585. The van der Waals surface area contributed by atoms with Crippen LogP contribution in [0.5, 0.6) is 0 Å². The first-order chi connectivity index (χ1) is 9.19. The first-order valence-electron chi connectivity index (χ1n) is 6.36. The highest BCUT2D eigenvalue weighted by molar-refractivity contribution is 5.64. The molecular weight excluding hydrogens is 246 g/mol. The zero-order chi connectivity index (χ0) is 13.4. The van der Waals surface area contributed by atoms with Gasteiger partial charge in [-0.05, 0) is 13.8 Å². The van der Waals surface area contributed by atoms with E-state index >= 15 is 0 Å². The van der Waals surface area contributed by atoms with Gasteiger partial charge in [-0.2, -0.15) is 0 Å². The first-order valence-corrected chi connectivity index (χ1v) is 6.36. The van der Waals surface area contributed by atoms with Gasteiger partial charge in [0.25, 0.3) is 0 Å². The van der Waals surface area contributed by atoms with E-state index in [2.05, 4.69) is 20.1 Å². The average Bonchev–Trinajstić information content (AvgIpc) is 2.80. The lowest BCUT2D eigenvalue weighted by Crippen LogP contribution is -2.48. The number of hydrogen-bond donors (Lipinski definition) is 1. The molecule has 2 atom stereocenters. The summed E-state index contributed by atoms with van der Waals surface area (Å²) in [6.45, 7) is 5.25. The normalized spacial score (nSPS) is 24.1. The van der Waals surface area contributed by atoms with E-state index in [0.717, 1.165) is 23.8 Å². The van der Waals surface area contributed by atoms with Gasteiger partial charge in [0.05, 0.1) is 18.8 Å². The van der Waals surface area contributed by atoms with Crippen molar-refractivity contribution in [2.24, 2.45) is 0 Å². The Kier molecular flexibility index (Phi) is 3.08. The number of aryl methyl sites for hydroxylation is 1. The maximum Gasteiger partial charge on any atom is 0.203 e. The van der Waals surface area contributed by atoms with E-state index in [1.165, 1.54) is 0 Å². The van der Waals surface area contributed by atoms with Gasteiger partial charge >= 0.3 is 0 Å². The van der Waals surface area contributed by atoms with Gasteiger partial charge in [-0.3, -0.25) is 4.40 Å². The van der Waals surface area contributed by atoms with Crippen molar-refractivity contribution in [1.29, 1.82) is 0 Å². The van der Waals surface area contributed by atoms with Crippen molar-refractivity contribution in [3.63, 3.8) is 0 Å². The summed E-state index contributed by atoms with van der Waals surface area (Å²) in [5, 5.41) is 17.5. The summed E-state index contributed by atoms with van der Waals surface area (Å²) < 4.78 is 7.56. The van der Waals surface area contributed by atoms with E-state index in [-0.39, 0.29) is 18.8 Å². The largest absolute Gasteiger partial charge is 0.394 e. The Morgan fingerprint density at radius 3 is 3.05 bits per heavy atom. The lowest BCUT2D eigenvalue weighted by atomic mass is 10.2. The van der Waals surface area contributed by atoms with Crippen LogP contribution in [0.15, 0.2) is 12.4 Å². The fourth-order valence-electron chi connectivity index (χ4n) is 2.47. The minimum Gasteiger partial charge on any atom is -0.394 e.